The van der Waals surface area contributed by atoms with Crippen LogP contribution >= 0.6 is 0 Å². The van der Waals surface area contributed by atoms with E-state index in [0.717, 1.165) is 28.8 Å². The minimum Gasteiger partial charge on any atom is -0.453 e. The van der Waals surface area contributed by atoms with Crippen molar-refractivity contribution in [3.8, 4) is 5.69 Å². The van der Waals surface area contributed by atoms with E-state index in [1.807, 2.05) is 49.4 Å². The van der Waals surface area contributed by atoms with E-state index in [9.17, 15) is 9.59 Å². The molecular formula is C24H21N3O3. The predicted octanol–water partition coefficient (Wildman–Crippen LogP) is 4.80. The standard InChI is InChI=1S/C24H21N3O3/c1-3-15-7-6-9-17(11-15)27-24-22(14(2)26-27)18(13-21(28)25-24)23(29)20-12-16-8-4-5-10-19(16)30-20/h4-12,18H,3,13H2,1-2H3,(H,25,28)/t18-/m1/s1. The molecule has 150 valence electrons. The van der Waals surface area contributed by atoms with Gasteiger partial charge in [-0.1, -0.05) is 37.3 Å². The minimum absolute atomic E-state index is 0.0738. The maximum Gasteiger partial charge on any atom is 0.226 e. The van der Waals surface area contributed by atoms with Crippen molar-refractivity contribution < 1.29 is 14.0 Å². The van der Waals surface area contributed by atoms with Crippen molar-refractivity contribution in [2.45, 2.75) is 32.6 Å². The van der Waals surface area contributed by atoms with Crippen LogP contribution in [0.1, 0.15) is 46.6 Å². The fourth-order valence-electron chi connectivity index (χ4n) is 4.14. The molecule has 4 aromatic rings. The van der Waals surface area contributed by atoms with Gasteiger partial charge in [0.05, 0.1) is 17.3 Å². The molecule has 1 aliphatic heterocycles. The van der Waals surface area contributed by atoms with Crippen molar-refractivity contribution in [2.75, 3.05) is 5.32 Å². The molecule has 0 aliphatic carbocycles. The van der Waals surface area contributed by atoms with Crippen LogP contribution in [0.15, 0.2) is 59.0 Å². The first-order valence-corrected chi connectivity index (χ1v) is 10.1. The second-order valence-corrected chi connectivity index (χ2v) is 7.60. The van der Waals surface area contributed by atoms with Gasteiger partial charge in [-0.3, -0.25) is 9.59 Å². The number of benzene rings is 2. The van der Waals surface area contributed by atoms with Gasteiger partial charge in [0, 0.05) is 17.4 Å². The molecule has 6 heteroatoms. The van der Waals surface area contributed by atoms with E-state index in [2.05, 4.69) is 23.4 Å². The highest BCUT2D eigenvalue weighted by molar-refractivity contribution is 6.08. The molecule has 6 nitrogen and oxygen atoms in total. The van der Waals surface area contributed by atoms with Crippen LogP contribution in [-0.2, 0) is 11.2 Å². The number of ketones is 1. The quantitative estimate of drug-likeness (QED) is 0.500. The van der Waals surface area contributed by atoms with Gasteiger partial charge in [0.25, 0.3) is 0 Å². The lowest BCUT2D eigenvalue weighted by Gasteiger charge is -2.22. The minimum atomic E-state index is -0.627. The summed E-state index contributed by atoms with van der Waals surface area (Å²) in [5.41, 5.74) is 4.16. The molecule has 0 fully saturated rings. The van der Waals surface area contributed by atoms with Crippen LogP contribution in [0.5, 0.6) is 0 Å². The average Bonchev–Trinajstić information content (AvgIpc) is 3.34. The van der Waals surface area contributed by atoms with Gasteiger partial charge in [-0.25, -0.2) is 4.68 Å². The molecule has 2 aromatic carbocycles. The highest BCUT2D eigenvalue weighted by atomic mass is 16.3. The summed E-state index contributed by atoms with van der Waals surface area (Å²) in [7, 11) is 0. The third-order valence-electron chi connectivity index (χ3n) is 5.65. The number of hydrogen-bond acceptors (Lipinski definition) is 4. The number of furan rings is 1. The molecule has 0 unspecified atom stereocenters. The van der Waals surface area contributed by atoms with Crippen molar-refractivity contribution >= 4 is 28.5 Å². The molecule has 3 heterocycles. The average molecular weight is 399 g/mol. The van der Waals surface area contributed by atoms with Crippen molar-refractivity contribution in [1.29, 1.82) is 0 Å². The molecule has 0 radical (unpaired) electrons. The molecule has 5 rings (SSSR count). The second kappa shape index (κ2) is 6.99. The lowest BCUT2D eigenvalue weighted by Crippen LogP contribution is -2.28. The normalized spacial score (nSPS) is 15.8. The molecule has 1 N–H and O–H groups in total. The van der Waals surface area contributed by atoms with Crippen LogP contribution in [0.4, 0.5) is 5.82 Å². The summed E-state index contributed by atoms with van der Waals surface area (Å²) >= 11 is 0. The second-order valence-electron chi connectivity index (χ2n) is 7.60. The Hall–Kier alpha value is -3.67. The fraction of sp³-hybridized carbons (Fsp3) is 0.208. The van der Waals surface area contributed by atoms with Gasteiger partial charge in [0.15, 0.2) is 5.76 Å². The molecule has 1 aliphatic rings. The zero-order valence-electron chi connectivity index (χ0n) is 16.8. The van der Waals surface area contributed by atoms with E-state index in [0.29, 0.717) is 11.4 Å². The van der Waals surface area contributed by atoms with Crippen LogP contribution in [0, 0.1) is 6.92 Å². The molecule has 0 spiro atoms. The highest BCUT2D eigenvalue weighted by Crippen LogP contribution is 2.39. The number of aromatic nitrogens is 2. The van der Waals surface area contributed by atoms with E-state index in [1.165, 1.54) is 5.56 Å². The van der Waals surface area contributed by atoms with Crippen LogP contribution in [0.3, 0.4) is 0 Å². The largest absolute Gasteiger partial charge is 0.453 e. The number of fused-ring (bicyclic) bond motifs is 2. The number of carbonyl (C=O) groups excluding carboxylic acids is 2. The van der Waals surface area contributed by atoms with Crippen molar-refractivity contribution in [2.24, 2.45) is 0 Å². The first-order valence-electron chi connectivity index (χ1n) is 10.1. The van der Waals surface area contributed by atoms with Crippen molar-refractivity contribution in [1.82, 2.24) is 9.78 Å². The number of Topliss-reactive ketones (excluding diaryl/α,β-unsaturated/α-hetero) is 1. The topological polar surface area (TPSA) is 77.1 Å². The number of nitrogens with zero attached hydrogens (tertiary/aromatic N) is 2. The Bertz CT molecular complexity index is 1270. The Morgan fingerprint density at radius 3 is 2.83 bits per heavy atom. The molecular weight excluding hydrogens is 378 g/mol. The number of carbonyl (C=O) groups is 2. The number of hydrogen-bond donors (Lipinski definition) is 1. The SMILES string of the molecule is CCc1cccc(-n2nc(C)c3c2NC(=O)C[C@H]3C(=O)c2cc3ccccc3o2)c1. The zero-order chi connectivity index (χ0) is 20.8. The summed E-state index contributed by atoms with van der Waals surface area (Å²) in [4.78, 5) is 25.9. The van der Waals surface area contributed by atoms with Gasteiger partial charge in [-0.2, -0.15) is 5.10 Å². The van der Waals surface area contributed by atoms with Crippen LogP contribution in [0.25, 0.3) is 16.7 Å². The van der Waals surface area contributed by atoms with Gasteiger partial charge in [0.1, 0.15) is 11.4 Å². The lowest BCUT2D eigenvalue weighted by molar-refractivity contribution is -0.116. The fourth-order valence-corrected chi connectivity index (χ4v) is 4.14. The highest BCUT2D eigenvalue weighted by Gasteiger charge is 2.37. The van der Waals surface area contributed by atoms with Crippen molar-refractivity contribution in [3.05, 3.63) is 77.2 Å². The Labute approximate surface area is 173 Å². The molecule has 30 heavy (non-hydrogen) atoms. The third kappa shape index (κ3) is 2.92. The number of para-hydroxylation sites is 1. The Balaban J connectivity index is 1.60. The Morgan fingerprint density at radius 1 is 1.20 bits per heavy atom. The first kappa shape index (κ1) is 18.4. The van der Waals surface area contributed by atoms with E-state index < -0.39 is 5.92 Å². The maximum absolute atomic E-state index is 13.4. The van der Waals surface area contributed by atoms with E-state index in [4.69, 9.17) is 4.42 Å². The summed E-state index contributed by atoms with van der Waals surface area (Å²) in [6.45, 7) is 3.96. The summed E-state index contributed by atoms with van der Waals surface area (Å²) in [6.07, 6.45) is 0.972. The Kier molecular flexibility index (Phi) is 4.28. The molecule has 1 amide bonds. The van der Waals surface area contributed by atoms with Crippen LogP contribution < -0.4 is 5.32 Å². The lowest BCUT2D eigenvalue weighted by atomic mass is 9.87. The molecule has 1 atom stereocenters. The number of anilines is 1. The smallest absolute Gasteiger partial charge is 0.226 e. The summed E-state index contributed by atoms with van der Waals surface area (Å²) in [5.74, 6) is -0.206. The number of aryl methyl sites for hydroxylation is 2. The summed E-state index contributed by atoms with van der Waals surface area (Å²) in [5, 5.41) is 8.45. The van der Waals surface area contributed by atoms with Gasteiger partial charge in [0.2, 0.25) is 11.7 Å². The predicted molar refractivity (Wildman–Crippen MR) is 114 cm³/mol. The summed E-state index contributed by atoms with van der Waals surface area (Å²) < 4.78 is 7.51. The summed E-state index contributed by atoms with van der Waals surface area (Å²) in [6, 6.07) is 17.3. The van der Waals surface area contributed by atoms with Crippen molar-refractivity contribution in [3.63, 3.8) is 0 Å². The third-order valence-corrected chi connectivity index (χ3v) is 5.65. The molecule has 2 aromatic heterocycles. The maximum atomic E-state index is 13.4. The number of nitrogens with one attached hydrogen (secondary N) is 1. The zero-order valence-corrected chi connectivity index (χ0v) is 16.8. The van der Waals surface area contributed by atoms with Gasteiger partial charge < -0.3 is 9.73 Å². The molecule has 0 bridgehead atoms. The first-order chi connectivity index (χ1) is 14.5. The van der Waals surface area contributed by atoms with E-state index in [1.54, 1.807) is 10.7 Å². The number of rotatable bonds is 4. The molecule has 0 saturated carbocycles. The van der Waals surface area contributed by atoms with E-state index >= 15 is 0 Å². The van der Waals surface area contributed by atoms with E-state index in [-0.39, 0.29) is 23.9 Å². The van der Waals surface area contributed by atoms with Crippen LogP contribution in [0.2, 0.25) is 0 Å². The monoisotopic (exact) mass is 399 g/mol. The van der Waals surface area contributed by atoms with Gasteiger partial charge >= 0.3 is 0 Å². The van der Waals surface area contributed by atoms with Gasteiger partial charge in [-0.15, -0.1) is 0 Å². The van der Waals surface area contributed by atoms with Crippen LogP contribution in [-0.4, -0.2) is 21.5 Å². The van der Waals surface area contributed by atoms with Gasteiger partial charge in [-0.05, 0) is 43.2 Å². The Morgan fingerprint density at radius 2 is 2.03 bits per heavy atom. The number of amides is 1. The molecule has 0 saturated heterocycles.